The molecule has 0 fully saturated rings. The van der Waals surface area contributed by atoms with E-state index < -0.39 is 5.82 Å². The maximum atomic E-state index is 14.4. The number of nitrogens with two attached hydrogens (primary N) is 1. The standard InChI is InChI=1S/C20H22FN5O/c1-11-5-4-6-14(18(11)21)20(27)26-10-17-15(9-12(26)2)19(16(23)7-8-22)25-13(3)24-17/h4-8,12,22H,9-10,23H2,1-3H3/b16-7-,22-8?. The summed E-state index contributed by atoms with van der Waals surface area (Å²) < 4.78 is 14.4. The van der Waals surface area contributed by atoms with Crippen molar-refractivity contribution in [3.05, 3.63) is 64.0 Å². The lowest BCUT2D eigenvalue weighted by atomic mass is 9.94. The highest BCUT2D eigenvalue weighted by Crippen LogP contribution is 2.28. The molecule has 27 heavy (non-hydrogen) atoms. The molecule has 1 atom stereocenters. The molecule has 2 aromatic rings. The quantitative estimate of drug-likeness (QED) is 0.816. The number of aromatic nitrogens is 2. The van der Waals surface area contributed by atoms with Crippen molar-refractivity contribution in [1.29, 1.82) is 5.41 Å². The smallest absolute Gasteiger partial charge is 0.257 e. The van der Waals surface area contributed by atoms with E-state index in [0.717, 1.165) is 11.8 Å². The number of allylic oxidation sites excluding steroid dienone is 1. The van der Waals surface area contributed by atoms with Gasteiger partial charge in [-0.3, -0.25) is 4.79 Å². The summed E-state index contributed by atoms with van der Waals surface area (Å²) in [5.74, 6) is -0.304. The van der Waals surface area contributed by atoms with Gasteiger partial charge in [0, 0.05) is 17.8 Å². The molecule has 1 unspecified atom stereocenters. The molecular weight excluding hydrogens is 345 g/mol. The fourth-order valence-electron chi connectivity index (χ4n) is 3.37. The Labute approximate surface area is 157 Å². The Morgan fingerprint density at radius 3 is 2.81 bits per heavy atom. The summed E-state index contributed by atoms with van der Waals surface area (Å²) in [6.07, 6.45) is 3.10. The van der Waals surface area contributed by atoms with Crippen LogP contribution in [-0.4, -0.2) is 33.0 Å². The number of rotatable bonds is 3. The fourth-order valence-corrected chi connectivity index (χ4v) is 3.37. The zero-order valence-electron chi connectivity index (χ0n) is 15.6. The highest BCUT2D eigenvalue weighted by atomic mass is 19.1. The Morgan fingerprint density at radius 2 is 2.11 bits per heavy atom. The van der Waals surface area contributed by atoms with Gasteiger partial charge in [0.1, 0.15) is 11.6 Å². The number of carbonyl (C=O) groups is 1. The number of benzene rings is 1. The molecule has 1 aliphatic rings. The third kappa shape index (κ3) is 3.45. The molecule has 0 saturated heterocycles. The average Bonchev–Trinajstić information content (AvgIpc) is 2.63. The molecule has 1 aromatic heterocycles. The Morgan fingerprint density at radius 1 is 1.37 bits per heavy atom. The summed E-state index contributed by atoms with van der Waals surface area (Å²) in [7, 11) is 0. The molecule has 3 rings (SSSR count). The van der Waals surface area contributed by atoms with Crippen molar-refractivity contribution in [2.75, 3.05) is 0 Å². The first-order valence-electron chi connectivity index (χ1n) is 8.72. The van der Waals surface area contributed by atoms with Crippen LogP contribution in [0.2, 0.25) is 0 Å². The predicted molar refractivity (Wildman–Crippen MR) is 102 cm³/mol. The van der Waals surface area contributed by atoms with Crippen LogP contribution in [0, 0.1) is 25.1 Å². The number of amides is 1. The molecule has 0 aliphatic carbocycles. The summed E-state index contributed by atoms with van der Waals surface area (Å²) in [5, 5.41) is 7.22. The maximum absolute atomic E-state index is 14.4. The van der Waals surface area contributed by atoms with E-state index >= 15 is 0 Å². The summed E-state index contributed by atoms with van der Waals surface area (Å²) >= 11 is 0. The van der Waals surface area contributed by atoms with Crippen LogP contribution >= 0.6 is 0 Å². The number of hydrogen-bond donors (Lipinski definition) is 2. The first-order valence-corrected chi connectivity index (χ1v) is 8.72. The van der Waals surface area contributed by atoms with Crippen molar-refractivity contribution in [3.63, 3.8) is 0 Å². The molecule has 140 valence electrons. The lowest BCUT2D eigenvalue weighted by Gasteiger charge is -2.35. The first kappa shape index (κ1) is 18.7. The minimum Gasteiger partial charge on any atom is -0.397 e. The topological polar surface area (TPSA) is 96.0 Å². The number of halogens is 1. The van der Waals surface area contributed by atoms with Crippen LogP contribution in [0.3, 0.4) is 0 Å². The lowest BCUT2D eigenvalue weighted by molar-refractivity contribution is 0.0648. The van der Waals surface area contributed by atoms with E-state index in [1.54, 1.807) is 30.9 Å². The second-order valence-electron chi connectivity index (χ2n) is 6.76. The van der Waals surface area contributed by atoms with Crippen LogP contribution in [0.5, 0.6) is 0 Å². The average molecular weight is 367 g/mol. The van der Waals surface area contributed by atoms with Crippen molar-refractivity contribution in [2.45, 2.75) is 39.8 Å². The van der Waals surface area contributed by atoms with Crippen LogP contribution in [-0.2, 0) is 13.0 Å². The normalized spacial score (nSPS) is 16.8. The molecule has 1 aliphatic heterocycles. The Bertz CT molecular complexity index is 954. The minimum absolute atomic E-state index is 0.0690. The summed E-state index contributed by atoms with van der Waals surface area (Å²) in [5.41, 5.74) is 9.14. The van der Waals surface area contributed by atoms with Gasteiger partial charge in [0.2, 0.25) is 0 Å². The highest BCUT2D eigenvalue weighted by molar-refractivity contribution is 5.95. The van der Waals surface area contributed by atoms with Crippen molar-refractivity contribution < 1.29 is 9.18 Å². The van der Waals surface area contributed by atoms with Crippen molar-refractivity contribution >= 4 is 17.8 Å². The molecule has 0 bridgehead atoms. The van der Waals surface area contributed by atoms with Gasteiger partial charge in [0.05, 0.1) is 29.2 Å². The SMILES string of the molecule is Cc1nc2c(c(/C(N)=C/C=N)n1)CC(C)N(C(=O)c1cccc(C)c1F)C2. The molecule has 1 aromatic carbocycles. The number of carbonyl (C=O) groups excluding carboxylic acids is 1. The van der Waals surface area contributed by atoms with Gasteiger partial charge in [-0.25, -0.2) is 14.4 Å². The molecule has 0 spiro atoms. The number of aryl methyl sites for hydroxylation is 2. The molecule has 0 radical (unpaired) electrons. The predicted octanol–water partition coefficient (Wildman–Crippen LogP) is 2.77. The Kier molecular flexibility index (Phi) is 5.03. The summed E-state index contributed by atoms with van der Waals surface area (Å²) in [4.78, 5) is 23.5. The van der Waals surface area contributed by atoms with E-state index in [1.807, 2.05) is 6.92 Å². The van der Waals surface area contributed by atoms with Crippen LogP contribution < -0.4 is 5.73 Å². The first-order chi connectivity index (χ1) is 12.8. The number of fused-ring (bicyclic) bond motifs is 1. The second kappa shape index (κ2) is 7.26. The minimum atomic E-state index is -0.488. The number of nitrogens with one attached hydrogen (secondary N) is 1. The molecule has 3 N–H and O–H groups in total. The van der Waals surface area contributed by atoms with Gasteiger partial charge >= 0.3 is 0 Å². The van der Waals surface area contributed by atoms with Crippen LogP contribution in [0.25, 0.3) is 5.70 Å². The van der Waals surface area contributed by atoms with Gasteiger partial charge in [-0.1, -0.05) is 12.1 Å². The van der Waals surface area contributed by atoms with E-state index in [0.29, 0.717) is 34.9 Å². The Balaban J connectivity index is 2.02. The number of hydrogen-bond acceptors (Lipinski definition) is 5. The van der Waals surface area contributed by atoms with Crippen molar-refractivity contribution in [2.24, 2.45) is 5.73 Å². The van der Waals surface area contributed by atoms with Gasteiger partial charge < -0.3 is 16.0 Å². The van der Waals surface area contributed by atoms with Crippen LogP contribution in [0.4, 0.5) is 4.39 Å². The third-order valence-corrected chi connectivity index (χ3v) is 4.78. The molecule has 7 heteroatoms. The van der Waals surface area contributed by atoms with E-state index in [1.165, 1.54) is 12.1 Å². The van der Waals surface area contributed by atoms with Gasteiger partial charge in [0.15, 0.2) is 0 Å². The molecule has 1 amide bonds. The largest absolute Gasteiger partial charge is 0.397 e. The van der Waals surface area contributed by atoms with Gasteiger partial charge in [-0.2, -0.15) is 0 Å². The summed E-state index contributed by atoms with van der Waals surface area (Å²) in [6, 6.07) is 4.67. The Hall–Kier alpha value is -3.09. The lowest BCUT2D eigenvalue weighted by Crippen LogP contribution is -2.44. The van der Waals surface area contributed by atoms with E-state index in [-0.39, 0.29) is 24.1 Å². The third-order valence-electron chi connectivity index (χ3n) is 4.78. The highest BCUT2D eigenvalue weighted by Gasteiger charge is 2.32. The van der Waals surface area contributed by atoms with E-state index in [2.05, 4.69) is 9.97 Å². The maximum Gasteiger partial charge on any atom is 0.257 e. The number of nitrogens with zero attached hydrogens (tertiary/aromatic N) is 3. The van der Waals surface area contributed by atoms with Crippen molar-refractivity contribution in [3.8, 4) is 0 Å². The van der Waals surface area contributed by atoms with Gasteiger partial charge in [-0.15, -0.1) is 0 Å². The second-order valence-corrected chi connectivity index (χ2v) is 6.76. The zero-order chi connectivity index (χ0) is 19.7. The van der Waals surface area contributed by atoms with Crippen LogP contribution in [0.15, 0.2) is 24.3 Å². The molecule has 6 nitrogen and oxygen atoms in total. The monoisotopic (exact) mass is 367 g/mol. The zero-order valence-corrected chi connectivity index (χ0v) is 15.6. The van der Waals surface area contributed by atoms with Crippen molar-refractivity contribution in [1.82, 2.24) is 14.9 Å². The van der Waals surface area contributed by atoms with E-state index in [9.17, 15) is 9.18 Å². The van der Waals surface area contributed by atoms with Gasteiger partial charge in [0.25, 0.3) is 5.91 Å². The summed E-state index contributed by atoms with van der Waals surface area (Å²) in [6.45, 7) is 5.57. The molecule has 2 heterocycles. The van der Waals surface area contributed by atoms with Gasteiger partial charge in [-0.05, 0) is 44.9 Å². The van der Waals surface area contributed by atoms with E-state index in [4.69, 9.17) is 11.1 Å². The molecule has 0 saturated carbocycles. The molecular formula is C20H22FN5O. The van der Waals surface area contributed by atoms with Crippen LogP contribution in [0.1, 0.15) is 45.6 Å². The fraction of sp³-hybridized carbons (Fsp3) is 0.300.